The standard InChI is InChI=1S/C24H48O2/c1-9-12-14-15-16-17-20-24(18-11-3,19-13-10-2)23(8,25-21(4)5)26-22(6)7/h13,19,21-22H,9-12,14-18,20H2,1-8H3. The van der Waals surface area contributed by atoms with Gasteiger partial charge in [0.05, 0.1) is 12.2 Å². The molecule has 0 aromatic carbocycles. The topological polar surface area (TPSA) is 18.5 Å². The van der Waals surface area contributed by atoms with Crippen molar-refractivity contribution in [1.29, 1.82) is 0 Å². The second-order valence-electron chi connectivity index (χ2n) is 8.51. The lowest BCUT2D eigenvalue weighted by molar-refractivity contribution is -0.307. The van der Waals surface area contributed by atoms with Gasteiger partial charge in [-0.15, -0.1) is 0 Å². The number of allylic oxidation sites excluding steroid dienone is 1. The molecule has 0 saturated heterocycles. The molecular formula is C24H48O2. The summed E-state index contributed by atoms with van der Waals surface area (Å²) < 4.78 is 13.0. The SMILES string of the molecule is CCC=CC(CCC)(CCCCCCCC)C(C)(OC(C)C)OC(C)C. The van der Waals surface area contributed by atoms with E-state index in [0.717, 1.165) is 25.7 Å². The van der Waals surface area contributed by atoms with Crippen molar-refractivity contribution in [3.05, 3.63) is 12.2 Å². The van der Waals surface area contributed by atoms with E-state index in [4.69, 9.17) is 9.47 Å². The molecule has 0 aromatic rings. The zero-order valence-electron chi connectivity index (χ0n) is 19.2. The van der Waals surface area contributed by atoms with Crippen molar-refractivity contribution < 1.29 is 9.47 Å². The van der Waals surface area contributed by atoms with Gasteiger partial charge in [0.15, 0.2) is 5.79 Å². The highest BCUT2D eigenvalue weighted by Crippen LogP contribution is 2.47. The van der Waals surface area contributed by atoms with Crippen molar-refractivity contribution >= 4 is 0 Å². The van der Waals surface area contributed by atoms with E-state index in [-0.39, 0.29) is 17.6 Å². The highest BCUT2D eigenvalue weighted by Gasteiger charge is 2.48. The molecule has 0 fully saturated rings. The summed E-state index contributed by atoms with van der Waals surface area (Å²) in [5, 5.41) is 0. The van der Waals surface area contributed by atoms with Crippen LogP contribution in [0.3, 0.4) is 0 Å². The summed E-state index contributed by atoms with van der Waals surface area (Å²) in [6, 6.07) is 0. The predicted molar refractivity (Wildman–Crippen MR) is 116 cm³/mol. The third kappa shape index (κ3) is 9.04. The first-order valence-corrected chi connectivity index (χ1v) is 11.3. The summed E-state index contributed by atoms with van der Waals surface area (Å²) in [6.07, 6.45) is 17.4. The van der Waals surface area contributed by atoms with Crippen molar-refractivity contribution in [2.45, 2.75) is 138 Å². The Morgan fingerprint density at radius 3 is 1.73 bits per heavy atom. The van der Waals surface area contributed by atoms with Crippen LogP contribution in [0.5, 0.6) is 0 Å². The number of hydrogen-bond donors (Lipinski definition) is 0. The molecular weight excluding hydrogens is 320 g/mol. The van der Waals surface area contributed by atoms with Gasteiger partial charge >= 0.3 is 0 Å². The number of hydrogen-bond acceptors (Lipinski definition) is 2. The number of unbranched alkanes of at least 4 members (excludes halogenated alkanes) is 5. The maximum Gasteiger partial charge on any atom is 0.175 e. The first-order valence-electron chi connectivity index (χ1n) is 11.3. The molecule has 0 bridgehead atoms. The molecule has 0 saturated carbocycles. The Morgan fingerprint density at radius 1 is 0.731 bits per heavy atom. The number of ether oxygens (including phenoxy) is 2. The molecule has 0 aliphatic carbocycles. The molecule has 0 radical (unpaired) electrons. The van der Waals surface area contributed by atoms with Gasteiger partial charge in [-0.05, 0) is 53.9 Å². The molecule has 0 aromatic heterocycles. The van der Waals surface area contributed by atoms with Crippen molar-refractivity contribution in [3.8, 4) is 0 Å². The fourth-order valence-corrected chi connectivity index (χ4v) is 4.07. The lowest BCUT2D eigenvalue weighted by Gasteiger charge is -2.48. The average molecular weight is 369 g/mol. The summed E-state index contributed by atoms with van der Waals surface area (Å²) >= 11 is 0. The van der Waals surface area contributed by atoms with E-state index in [2.05, 4.69) is 67.5 Å². The van der Waals surface area contributed by atoms with Crippen molar-refractivity contribution in [3.63, 3.8) is 0 Å². The van der Waals surface area contributed by atoms with E-state index in [1.165, 1.54) is 38.5 Å². The molecule has 1 atom stereocenters. The maximum atomic E-state index is 6.49. The quantitative estimate of drug-likeness (QED) is 0.156. The second-order valence-corrected chi connectivity index (χ2v) is 8.51. The van der Waals surface area contributed by atoms with Crippen molar-refractivity contribution in [2.24, 2.45) is 5.41 Å². The second kappa shape index (κ2) is 13.8. The molecule has 0 rings (SSSR count). The average Bonchev–Trinajstić information content (AvgIpc) is 2.54. The van der Waals surface area contributed by atoms with Gasteiger partial charge in [-0.1, -0.05) is 77.9 Å². The van der Waals surface area contributed by atoms with E-state index in [0.29, 0.717) is 0 Å². The third-order valence-electron chi connectivity index (χ3n) is 5.17. The Hall–Kier alpha value is -0.340. The fraction of sp³-hybridized carbons (Fsp3) is 0.917. The predicted octanol–water partition coefficient (Wildman–Crippen LogP) is 8.06. The first-order chi connectivity index (χ1) is 12.3. The van der Waals surface area contributed by atoms with Crippen LogP contribution >= 0.6 is 0 Å². The zero-order chi connectivity index (χ0) is 20.1. The largest absolute Gasteiger partial charge is 0.347 e. The fourth-order valence-electron chi connectivity index (χ4n) is 4.07. The van der Waals surface area contributed by atoms with Crippen LogP contribution in [0.25, 0.3) is 0 Å². The van der Waals surface area contributed by atoms with Gasteiger partial charge < -0.3 is 9.47 Å². The Labute approximate surface area is 165 Å². The lowest BCUT2D eigenvalue weighted by Crippen LogP contribution is -2.52. The van der Waals surface area contributed by atoms with Crippen LogP contribution in [0.15, 0.2) is 12.2 Å². The van der Waals surface area contributed by atoms with E-state index >= 15 is 0 Å². The Kier molecular flexibility index (Phi) is 13.6. The molecule has 26 heavy (non-hydrogen) atoms. The molecule has 0 amide bonds. The van der Waals surface area contributed by atoms with E-state index in [9.17, 15) is 0 Å². The van der Waals surface area contributed by atoms with E-state index in [1.54, 1.807) is 0 Å². The van der Waals surface area contributed by atoms with Crippen LogP contribution in [0.1, 0.15) is 120 Å². The van der Waals surface area contributed by atoms with Crippen LogP contribution in [0, 0.1) is 5.41 Å². The van der Waals surface area contributed by atoms with Crippen LogP contribution in [-0.2, 0) is 9.47 Å². The molecule has 2 nitrogen and oxygen atoms in total. The van der Waals surface area contributed by atoms with Gasteiger partial charge in [0.2, 0.25) is 0 Å². The van der Waals surface area contributed by atoms with E-state index < -0.39 is 5.79 Å². The molecule has 1 unspecified atom stereocenters. The minimum absolute atomic E-state index is 0.0585. The highest BCUT2D eigenvalue weighted by molar-refractivity contribution is 5.07. The van der Waals surface area contributed by atoms with Crippen LogP contribution in [0.4, 0.5) is 0 Å². The lowest BCUT2D eigenvalue weighted by atomic mass is 9.71. The first kappa shape index (κ1) is 25.7. The minimum atomic E-state index is -0.583. The zero-order valence-corrected chi connectivity index (χ0v) is 19.2. The van der Waals surface area contributed by atoms with Gasteiger partial charge in [0.1, 0.15) is 0 Å². The molecule has 0 aliphatic heterocycles. The molecule has 0 N–H and O–H groups in total. The highest BCUT2D eigenvalue weighted by atomic mass is 16.7. The Morgan fingerprint density at radius 2 is 1.27 bits per heavy atom. The summed E-state index contributed by atoms with van der Waals surface area (Å²) in [7, 11) is 0. The van der Waals surface area contributed by atoms with Crippen LogP contribution < -0.4 is 0 Å². The minimum Gasteiger partial charge on any atom is -0.347 e. The smallest absolute Gasteiger partial charge is 0.175 e. The van der Waals surface area contributed by atoms with E-state index in [1.807, 2.05) is 0 Å². The summed E-state index contributed by atoms with van der Waals surface area (Å²) in [5.41, 5.74) is -0.0585. The molecule has 0 spiro atoms. The normalized spacial score (nSPS) is 15.3. The van der Waals surface area contributed by atoms with Crippen LogP contribution in [0.2, 0.25) is 0 Å². The van der Waals surface area contributed by atoms with Gasteiger partial charge in [-0.25, -0.2) is 0 Å². The number of rotatable bonds is 16. The van der Waals surface area contributed by atoms with Gasteiger partial charge in [0.25, 0.3) is 0 Å². The Bertz CT molecular complexity index is 349. The Balaban J connectivity index is 5.48. The molecule has 2 heteroatoms. The summed E-state index contributed by atoms with van der Waals surface area (Å²) in [5.74, 6) is -0.583. The molecule has 0 aliphatic rings. The summed E-state index contributed by atoms with van der Waals surface area (Å²) in [4.78, 5) is 0. The van der Waals surface area contributed by atoms with Gasteiger partial charge in [-0.3, -0.25) is 0 Å². The van der Waals surface area contributed by atoms with Crippen molar-refractivity contribution in [1.82, 2.24) is 0 Å². The maximum absolute atomic E-state index is 6.49. The molecule has 0 heterocycles. The van der Waals surface area contributed by atoms with Gasteiger partial charge in [0, 0.05) is 5.41 Å². The molecule has 156 valence electrons. The summed E-state index contributed by atoms with van der Waals surface area (Å²) in [6.45, 7) is 17.4. The monoisotopic (exact) mass is 368 g/mol. The third-order valence-corrected chi connectivity index (χ3v) is 5.17. The van der Waals surface area contributed by atoms with Crippen LogP contribution in [-0.4, -0.2) is 18.0 Å². The van der Waals surface area contributed by atoms with Gasteiger partial charge in [-0.2, -0.15) is 0 Å². The van der Waals surface area contributed by atoms with Crippen molar-refractivity contribution in [2.75, 3.05) is 0 Å².